The van der Waals surface area contributed by atoms with Gasteiger partial charge in [-0.2, -0.15) is 0 Å². The molecule has 1 aliphatic carbocycles. The van der Waals surface area contributed by atoms with Crippen molar-refractivity contribution in [1.29, 1.82) is 0 Å². The molecule has 1 N–H and O–H groups in total. The monoisotopic (exact) mass is 282 g/mol. The second-order valence-electron chi connectivity index (χ2n) is 5.44. The fourth-order valence-electron chi connectivity index (χ4n) is 2.71. The van der Waals surface area contributed by atoms with E-state index in [9.17, 15) is 10.1 Å². The molecule has 1 aromatic carbocycles. The first-order valence-electron chi connectivity index (χ1n) is 6.65. The van der Waals surface area contributed by atoms with Gasteiger partial charge < -0.3 is 5.32 Å². The molecule has 0 amide bonds. The zero-order chi connectivity index (χ0) is 14.0. The summed E-state index contributed by atoms with van der Waals surface area (Å²) in [5, 5.41) is 14.5. The van der Waals surface area contributed by atoms with Crippen LogP contribution in [0.5, 0.6) is 0 Å². The summed E-state index contributed by atoms with van der Waals surface area (Å²) in [7, 11) is 0. The highest BCUT2D eigenvalue weighted by atomic mass is 35.5. The first-order chi connectivity index (χ1) is 8.99. The minimum Gasteiger partial charge on any atom is -0.310 e. The van der Waals surface area contributed by atoms with E-state index in [1.807, 2.05) is 6.07 Å². The van der Waals surface area contributed by atoms with E-state index in [1.165, 1.54) is 12.8 Å². The number of rotatable bonds is 4. The SMILES string of the molecule is CC1CCC(NCc2ccc(Cl)c([N+](=O)[O-])c2)C1C. The standard InChI is InChI=1S/C14H19ClN2O2/c1-9-3-6-13(10(9)2)16-8-11-4-5-12(15)14(7-11)17(18)19/h4-5,7,9-10,13,16H,3,6,8H2,1-2H3. The maximum atomic E-state index is 10.8. The molecule has 0 heterocycles. The Morgan fingerprint density at radius 1 is 1.42 bits per heavy atom. The van der Waals surface area contributed by atoms with Gasteiger partial charge in [0.1, 0.15) is 5.02 Å². The number of nitrogens with zero attached hydrogens (tertiary/aromatic N) is 1. The summed E-state index contributed by atoms with van der Waals surface area (Å²) in [4.78, 5) is 10.4. The third-order valence-corrected chi connectivity index (χ3v) is 4.56. The molecule has 1 aromatic rings. The average Bonchev–Trinajstić information content (AvgIpc) is 2.69. The van der Waals surface area contributed by atoms with Crippen LogP contribution in [-0.4, -0.2) is 11.0 Å². The Hall–Kier alpha value is -1.13. The van der Waals surface area contributed by atoms with E-state index in [1.54, 1.807) is 12.1 Å². The summed E-state index contributed by atoms with van der Waals surface area (Å²) < 4.78 is 0. The Bertz CT molecular complexity index is 479. The lowest BCUT2D eigenvalue weighted by Crippen LogP contribution is -2.31. The van der Waals surface area contributed by atoms with E-state index in [0.717, 1.165) is 11.5 Å². The Balaban J connectivity index is 2.00. The van der Waals surface area contributed by atoms with E-state index in [4.69, 9.17) is 11.6 Å². The fraction of sp³-hybridized carbons (Fsp3) is 0.571. The second-order valence-corrected chi connectivity index (χ2v) is 5.85. The van der Waals surface area contributed by atoms with Crippen molar-refractivity contribution in [2.24, 2.45) is 11.8 Å². The summed E-state index contributed by atoms with van der Waals surface area (Å²) in [6.07, 6.45) is 2.43. The number of hydrogen-bond acceptors (Lipinski definition) is 3. The minimum atomic E-state index is -0.438. The van der Waals surface area contributed by atoms with Gasteiger partial charge in [0.15, 0.2) is 0 Å². The topological polar surface area (TPSA) is 55.2 Å². The summed E-state index contributed by atoms with van der Waals surface area (Å²) in [5.74, 6) is 1.40. The van der Waals surface area contributed by atoms with E-state index in [2.05, 4.69) is 19.2 Å². The molecule has 5 heteroatoms. The van der Waals surface area contributed by atoms with Gasteiger partial charge in [-0.05, 0) is 36.3 Å². The molecule has 3 atom stereocenters. The summed E-state index contributed by atoms with van der Waals surface area (Å²) in [5.41, 5.74) is 0.886. The van der Waals surface area contributed by atoms with Crippen LogP contribution in [0.1, 0.15) is 32.3 Å². The maximum Gasteiger partial charge on any atom is 0.288 e. The molecule has 104 valence electrons. The number of benzene rings is 1. The lowest BCUT2D eigenvalue weighted by molar-refractivity contribution is -0.384. The van der Waals surface area contributed by atoms with Crippen LogP contribution in [0.4, 0.5) is 5.69 Å². The molecule has 4 nitrogen and oxygen atoms in total. The molecule has 3 unspecified atom stereocenters. The predicted molar refractivity (Wildman–Crippen MR) is 76.3 cm³/mol. The number of nitrogens with one attached hydrogen (secondary N) is 1. The average molecular weight is 283 g/mol. The van der Waals surface area contributed by atoms with Crippen LogP contribution in [0.15, 0.2) is 18.2 Å². The van der Waals surface area contributed by atoms with Gasteiger partial charge in [-0.25, -0.2) is 0 Å². The Labute approximate surface area is 118 Å². The van der Waals surface area contributed by atoms with Crippen LogP contribution >= 0.6 is 11.6 Å². The molecule has 1 aliphatic rings. The van der Waals surface area contributed by atoms with Gasteiger partial charge >= 0.3 is 0 Å². The van der Waals surface area contributed by atoms with E-state index >= 15 is 0 Å². The molecule has 2 rings (SSSR count). The van der Waals surface area contributed by atoms with Crippen molar-refractivity contribution in [3.63, 3.8) is 0 Å². The predicted octanol–water partition coefficient (Wildman–Crippen LogP) is 3.77. The van der Waals surface area contributed by atoms with Crippen molar-refractivity contribution < 1.29 is 4.92 Å². The Morgan fingerprint density at radius 2 is 2.16 bits per heavy atom. The normalized spacial score (nSPS) is 26.6. The van der Waals surface area contributed by atoms with Crippen molar-refractivity contribution in [3.05, 3.63) is 38.9 Å². The van der Waals surface area contributed by atoms with Gasteiger partial charge in [0.2, 0.25) is 0 Å². The highest BCUT2D eigenvalue weighted by molar-refractivity contribution is 6.32. The van der Waals surface area contributed by atoms with Crippen molar-refractivity contribution in [2.45, 2.75) is 39.3 Å². The maximum absolute atomic E-state index is 10.8. The molecule has 0 radical (unpaired) electrons. The summed E-state index contributed by atoms with van der Waals surface area (Å²) >= 11 is 5.80. The molecule has 0 aromatic heterocycles. The minimum absolute atomic E-state index is 0.0196. The van der Waals surface area contributed by atoms with Crippen LogP contribution in [0, 0.1) is 22.0 Å². The van der Waals surface area contributed by atoms with Gasteiger partial charge in [0.25, 0.3) is 5.69 Å². The molecule has 0 aliphatic heterocycles. The lowest BCUT2D eigenvalue weighted by Gasteiger charge is -2.19. The molecule has 1 saturated carbocycles. The smallest absolute Gasteiger partial charge is 0.288 e. The summed E-state index contributed by atoms with van der Waals surface area (Å²) in [6, 6.07) is 5.49. The molecule has 0 bridgehead atoms. The van der Waals surface area contributed by atoms with Gasteiger partial charge in [-0.15, -0.1) is 0 Å². The first kappa shape index (κ1) is 14.3. The van der Waals surface area contributed by atoms with Crippen LogP contribution in [0.2, 0.25) is 5.02 Å². The largest absolute Gasteiger partial charge is 0.310 e. The van der Waals surface area contributed by atoms with Crippen molar-refractivity contribution >= 4 is 17.3 Å². The molecule has 19 heavy (non-hydrogen) atoms. The van der Waals surface area contributed by atoms with Crippen LogP contribution in [-0.2, 0) is 6.54 Å². The van der Waals surface area contributed by atoms with Gasteiger partial charge in [-0.1, -0.05) is 31.5 Å². The van der Waals surface area contributed by atoms with Crippen molar-refractivity contribution in [3.8, 4) is 0 Å². The molecular formula is C14H19ClN2O2. The second kappa shape index (κ2) is 5.88. The van der Waals surface area contributed by atoms with Gasteiger partial charge in [-0.3, -0.25) is 10.1 Å². The summed E-state index contributed by atoms with van der Waals surface area (Å²) in [6.45, 7) is 5.19. The first-order valence-corrected chi connectivity index (χ1v) is 7.03. The third kappa shape index (κ3) is 3.25. The Morgan fingerprint density at radius 3 is 2.74 bits per heavy atom. The van der Waals surface area contributed by atoms with E-state index < -0.39 is 4.92 Å². The van der Waals surface area contributed by atoms with Crippen LogP contribution < -0.4 is 5.32 Å². The fourth-order valence-corrected chi connectivity index (χ4v) is 2.90. The highest BCUT2D eigenvalue weighted by Gasteiger charge is 2.29. The van der Waals surface area contributed by atoms with E-state index in [0.29, 0.717) is 18.5 Å². The molecular weight excluding hydrogens is 264 g/mol. The quantitative estimate of drug-likeness (QED) is 0.675. The number of halogens is 1. The lowest BCUT2D eigenvalue weighted by atomic mass is 9.97. The Kier molecular flexibility index (Phi) is 4.42. The number of nitro benzene ring substituents is 1. The number of hydrogen-bond donors (Lipinski definition) is 1. The van der Waals surface area contributed by atoms with Gasteiger partial charge in [0, 0.05) is 18.7 Å². The highest BCUT2D eigenvalue weighted by Crippen LogP contribution is 2.31. The van der Waals surface area contributed by atoms with Gasteiger partial charge in [0.05, 0.1) is 4.92 Å². The molecule has 0 saturated heterocycles. The zero-order valence-electron chi connectivity index (χ0n) is 11.2. The van der Waals surface area contributed by atoms with E-state index in [-0.39, 0.29) is 10.7 Å². The zero-order valence-corrected chi connectivity index (χ0v) is 12.0. The van der Waals surface area contributed by atoms with Crippen LogP contribution in [0.3, 0.4) is 0 Å². The third-order valence-electron chi connectivity index (χ3n) is 4.24. The molecule has 0 spiro atoms. The van der Waals surface area contributed by atoms with Crippen molar-refractivity contribution in [1.82, 2.24) is 5.32 Å². The van der Waals surface area contributed by atoms with Crippen molar-refractivity contribution in [2.75, 3.05) is 0 Å². The van der Waals surface area contributed by atoms with Crippen LogP contribution in [0.25, 0.3) is 0 Å². The molecule has 1 fully saturated rings. The number of nitro groups is 1.